The third-order valence-electron chi connectivity index (χ3n) is 2.89. The largest absolute Gasteiger partial charge is 0.464 e. The van der Waals surface area contributed by atoms with Gasteiger partial charge in [-0.1, -0.05) is 34.1 Å². The highest BCUT2D eigenvalue weighted by Crippen LogP contribution is 2.22. The Bertz CT molecular complexity index is 658. The van der Waals surface area contributed by atoms with Crippen LogP contribution in [0, 0.1) is 0 Å². The van der Waals surface area contributed by atoms with Crippen molar-refractivity contribution in [3.05, 3.63) is 64.8 Å². The number of nitrogens with one attached hydrogen (secondary N) is 1. The van der Waals surface area contributed by atoms with Gasteiger partial charge in [0.1, 0.15) is 5.58 Å². The molecule has 18 heavy (non-hydrogen) atoms. The number of fused-ring (bicyclic) bond motifs is 1. The lowest BCUT2D eigenvalue weighted by atomic mass is 10.2. The lowest BCUT2D eigenvalue weighted by molar-refractivity contribution is 0.611. The van der Waals surface area contributed by atoms with E-state index in [0.717, 1.165) is 22.3 Å². The van der Waals surface area contributed by atoms with E-state index >= 15 is 0 Å². The summed E-state index contributed by atoms with van der Waals surface area (Å²) < 4.78 is 6.59. The molecule has 0 spiro atoms. The topological polar surface area (TPSA) is 25.2 Å². The monoisotopic (exact) mass is 301 g/mol. The first-order valence-corrected chi connectivity index (χ1v) is 6.57. The lowest BCUT2D eigenvalue weighted by Crippen LogP contribution is -1.97. The van der Waals surface area contributed by atoms with Crippen LogP contribution in [-0.4, -0.2) is 0 Å². The minimum atomic E-state index is 0.763. The molecule has 0 unspecified atom stereocenters. The van der Waals surface area contributed by atoms with E-state index in [4.69, 9.17) is 4.42 Å². The number of hydrogen-bond donors (Lipinski definition) is 1. The Morgan fingerprint density at radius 2 is 1.78 bits per heavy atom. The molecule has 3 rings (SSSR count). The Morgan fingerprint density at radius 1 is 1.00 bits per heavy atom. The summed E-state index contributed by atoms with van der Waals surface area (Å²) in [5, 5.41) is 4.55. The Labute approximate surface area is 114 Å². The summed E-state index contributed by atoms with van der Waals surface area (Å²) in [5.41, 5.74) is 3.21. The second-order valence-corrected chi connectivity index (χ2v) is 5.03. The molecule has 0 aliphatic rings. The van der Waals surface area contributed by atoms with E-state index in [0.29, 0.717) is 0 Å². The molecule has 0 atom stereocenters. The summed E-state index contributed by atoms with van der Waals surface area (Å²) in [5.74, 6) is 0. The minimum absolute atomic E-state index is 0.763. The molecule has 1 N–H and O–H groups in total. The Morgan fingerprint density at radius 3 is 2.61 bits per heavy atom. The molecule has 0 aliphatic heterocycles. The van der Waals surface area contributed by atoms with Gasteiger partial charge in [0, 0.05) is 27.7 Å². The fourth-order valence-corrected chi connectivity index (χ4v) is 2.20. The Kier molecular flexibility index (Phi) is 3.07. The number of benzene rings is 2. The molecule has 0 aliphatic carbocycles. The molecule has 1 aromatic heterocycles. The van der Waals surface area contributed by atoms with Crippen LogP contribution in [0.25, 0.3) is 11.0 Å². The van der Waals surface area contributed by atoms with Gasteiger partial charge in [-0.15, -0.1) is 0 Å². The summed E-state index contributed by atoms with van der Waals surface area (Å²) in [4.78, 5) is 0. The van der Waals surface area contributed by atoms with Crippen LogP contribution in [0.4, 0.5) is 5.69 Å². The standard InChI is InChI=1S/C15H12BrNO/c16-12-5-7-13(8-6-12)17-9-11-10-18-15-4-2-1-3-14(11)15/h1-8,10,17H,9H2. The van der Waals surface area contributed by atoms with E-state index in [9.17, 15) is 0 Å². The van der Waals surface area contributed by atoms with Crippen molar-refractivity contribution in [2.75, 3.05) is 5.32 Å². The average Bonchev–Trinajstić information content (AvgIpc) is 2.82. The number of furan rings is 1. The van der Waals surface area contributed by atoms with E-state index in [1.165, 1.54) is 10.9 Å². The van der Waals surface area contributed by atoms with Gasteiger partial charge >= 0.3 is 0 Å². The molecule has 3 aromatic rings. The van der Waals surface area contributed by atoms with Gasteiger partial charge in [-0.2, -0.15) is 0 Å². The van der Waals surface area contributed by atoms with Gasteiger partial charge < -0.3 is 9.73 Å². The lowest BCUT2D eigenvalue weighted by Gasteiger charge is -2.04. The predicted octanol–water partition coefficient (Wildman–Crippen LogP) is 4.81. The third-order valence-corrected chi connectivity index (χ3v) is 3.42. The van der Waals surface area contributed by atoms with E-state index in [2.05, 4.69) is 27.3 Å². The van der Waals surface area contributed by atoms with Crippen molar-refractivity contribution in [3.8, 4) is 0 Å². The maximum absolute atomic E-state index is 5.51. The maximum Gasteiger partial charge on any atom is 0.134 e. The average molecular weight is 302 g/mol. The molecule has 3 heteroatoms. The Balaban J connectivity index is 1.79. The van der Waals surface area contributed by atoms with Crippen LogP contribution in [0.3, 0.4) is 0 Å². The Hall–Kier alpha value is -1.74. The van der Waals surface area contributed by atoms with E-state index in [-0.39, 0.29) is 0 Å². The van der Waals surface area contributed by atoms with Crippen molar-refractivity contribution in [2.24, 2.45) is 0 Å². The normalized spacial score (nSPS) is 10.7. The second-order valence-electron chi connectivity index (χ2n) is 4.12. The fourth-order valence-electron chi connectivity index (χ4n) is 1.93. The molecule has 2 nitrogen and oxygen atoms in total. The van der Waals surface area contributed by atoms with Crippen molar-refractivity contribution < 1.29 is 4.42 Å². The number of anilines is 1. The number of halogens is 1. The molecular formula is C15H12BrNO. The smallest absolute Gasteiger partial charge is 0.134 e. The van der Waals surface area contributed by atoms with Crippen LogP contribution in [0.2, 0.25) is 0 Å². The van der Waals surface area contributed by atoms with Gasteiger partial charge in [0.25, 0.3) is 0 Å². The van der Waals surface area contributed by atoms with Gasteiger partial charge in [0.15, 0.2) is 0 Å². The molecule has 2 aromatic carbocycles. The van der Waals surface area contributed by atoms with Crippen LogP contribution in [0.15, 0.2) is 63.7 Å². The highest BCUT2D eigenvalue weighted by Gasteiger charge is 2.04. The zero-order valence-corrected chi connectivity index (χ0v) is 11.3. The number of hydrogen-bond acceptors (Lipinski definition) is 2. The van der Waals surface area contributed by atoms with Crippen molar-refractivity contribution in [1.29, 1.82) is 0 Å². The first-order chi connectivity index (χ1) is 8.83. The summed E-state index contributed by atoms with van der Waals surface area (Å²) in [6, 6.07) is 16.2. The molecular weight excluding hydrogens is 290 g/mol. The molecule has 0 saturated heterocycles. The molecule has 0 bridgehead atoms. The first-order valence-electron chi connectivity index (χ1n) is 5.77. The van der Waals surface area contributed by atoms with Gasteiger partial charge in [0.05, 0.1) is 6.26 Å². The van der Waals surface area contributed by atoms with Crippen LogP contribution >= 0.6 is 15.9 Å². The molecule has 0 amide bonds. The van der Waals surface area contributed by atoms with Gasteiger partial charge in [-0.05, 0) is 30.3 Å². The molecule has 90 valence electrons. The molecule has 0 radical (unpaired) electrons. The maximum atomic E-state index is 5.51. The van der Waals surface area contributed by atoms with Gasteiger partial charge in [-0.3, -0.25) is 0 Å². The highest BCUT2D eigenvalue weighted by molar-refractivity contribution is 9.10. The summed E-state index contributed by atoms with van der Waals surface area (Å²) in [7, 11) is 0. The second kappa shape index (κ2) is 4.86. The first kappa shape index (κ1) is 11.4. The van der Waals surface area contributed by atoms with E-state index in [1.54, 1.807) is 0 Å². The van der Waals surface area contributed by atoms with Gasteiger partial charge in [-0.25, -0.2) is 0 Å². The van der Waals surface area contributed by atoms with Crippen molar-refractivity contribution in [3.63, 3.8) is 0 Å². The van der Waals surface area contributed by atoms with Crippen LogP contribution in [-0.2, 0) is 6.54 Å². The highest BCUT2D eigenvalue weighted by atomic mass is 79.9. The van der Waals surface area contributed by atoms with Crippen LogP contribution in [0.5, 0.6) is 0 Å². The predicted molar refractivity (Wildman–Crippen MR) is 77.7 cm³/mol. The number of rotatable bonds is 3. The SMILES string of the molecule is Brc1ccc(NCc2coc3ccccc23)cc1. The fraction of sp³-hybridized carbons (Fsp3) is 0.0667. The molecule has 0 saturated carbocycles. The minimum Gasteiger partial charge on any atom is -0.464 e. The zero-order chi connectivity index (χ0) is 12.4. The van der Waals surface area contributed by atoms with E-state index in [1.807, 2.05) is 48.7 Å². The van der Waals surface area contributed by atoms with Crippen molar-refractivity contribution in [2.45, 2.75) is 6.54 Å². The van der Waals surface area contributed by atoms with E-state index < -0.39 is 0 Å². The molecule has 1 heterocycles. The summed E-state index contributed by atoms with van der Waals surface area (Å²) in [6.45, 7) is 0.763. The van der Waals surface area contributed by atoms with Crippen molar-refractivity contribution in [1.82, 2.24) is 0 Å². The quantitative estimate of drug-likeness (QED) is 0.751. The molecule has 0 fully saturated rings. The van der Waals surface area contributed by atoms with Crippen LogP contribution < -0.4 is 5.32 Å². The summed E-state index contributed by atoms with van der Waals surface area (Å²) in [6.07, 6.45) is 1.82. The number of para-hydroxylation sites is 1. The van der Waals surface area contributed by atoms with Crippen molar-refractivity contribution >= 4 is 32.6 Å². The third kappa shape index (κ3) is 2.27. The zero-order valence-electron chi connectivity index (χ0n) is 9.69. The summed E-state index contributed by atoms with van der Waals surface area (Å²) >= 11 is 3.43. The van der Waals surface area contributed by atoms with Gasteiger partial charge in [0.2, 0.25) is 0 Å². The van der Waals surface area contributed by atoms with Crippen LogP contribution in [0.1, 0.15) is 5.56 Å².